The quantitative estimate of drug-likeness (QED) is 0.540. The normalized spacial score (nSPS) is 29.0. The molecule has 0 spiro atoms. The van der Waals surface area contributed by atoms with Crippen molar-refractivity contribution in [3.63, 3.8) is 0 Å². The number of nitrogens with one attached hydrogen (secondary N) is 3. The van der Waals surface area contributed by atoms with E-state index >= 15 is 0 Å². The van der Waals surface area contributed by atoms with E-state index in [1.54, 1.807) is 12.3 Å². The molecule has 7 heteroatoms. The molecule has 0 aromatic heterocycles. The van der Waals surface area contributed by atoms with Gasteiger partial charge in [0.2, 0.25) is 0 Å². The summed E-state index contributed by atoms with van der Waals surface area (Å²) in [4.78, 5) is 16.4. The van der Waals surface area contributed by atoms with Crippen molar-refractivity contribution >= 4 is 17.8 Å². The van der Waals surface area contributed by atoms with Gasteiger partial charge in [-0.3, -0.25) is 10.1 Å². The van der Waals surface area contributed by atoms with E-state index in [1.165, 1.54) is 0 Å². The summed E-state index contributed by atoms with van der Waals surface area (Å²) in [6, 6.07) is 8.22. The molecule has 1 aliphatic carbocycles. The van der Waals surface area contributed by atoms with E-state index in [0.717, 1.165) is 30.5 Å². The Morgan fingerprint density at radius 2 is 2.25 bits per heavy atom. The second-order valence-electron chi connectivity index (χ2n) is 6.47. The number of nitrogens with zero attached hydrogens (tertiary/aromatic N) is 1. The number of aryl methyl sites for hydroxylation is 1. The Morgan fingerprint density at radius 3 is 2.92 bits per heavy atom. The number of hydrogen-bond donors (Lipinski definition) is 5. The van der Waals surface area contributed by atoms with E-state index in [1.807, 2.05) is 31.2 Å². The van der Waals surface area contributed by atoms with E-state index in [9.17, 15) is 4.79 Å². The van der Waals surface area contributed by atoms with Gasteiger partial charge in [-0.15, -0.1) is 0 Å². The number of aliphatic imine (C=N–C) groups is 1. The molecule has 1 aliphatic heterocycles. The van der Waals surface area contributed by atoms with Crippen LogP contribution in [-0.4, -0.2) is 30.0 Å². The van der Waals surface area contributed by atoms with Crippen LogP contribution in [0, 0.1) is 6.92 Å². The van der Waals surface area contributed by atoms with Gasteiger partial charge in [-0.25, -0.2) is 4.99 Å². The Labute approximate surface area is 141 Å². The van der Waals surface area contributed by atoms with Gasteiger partial charge in [0.05, 0.1) is 0 Å². The van der Waals surface area contributed by atoms with Gasteiger partial charge in [-0.05, 0) is 50.0 Å². The smallest absolute Gasteiger partial charge is 0.282 e. The van der Waals surface area contributed by atoms with Gasteiger partial charge >= 0.3 is 0 Å². The van der Waals surface area contributed by atoms with Crippen molar-refractivity contribution in [2.24, 2.45) is 16.5 Å². The fourth-order valence-corrected chi connectivity index (χ4v) is 3.16. The van der Waals surface area contributed by atoms with E-state index in [4.69, 9.17) is 11.5 Å². The number of amides is 1. The van der Waals surface area contributed by atoms with Gasteiger partial charge in [0.1, 0.15) is 5.82 Å². The number of benzene rings is 1. The molecule has 3 atom stereocenters. The highest BCUT2D eigenvalue weighted by molar-refractivity contribution is 5.89. The lowest BCUT2D eigenvalue weighted by atomic mass is 10.2. The number of carbonyl (C=O) groups is 1. The molecule has 0 saturated heterocycles. The van der Waals surface area contributed by atoms with Crippen LogP contribution in [0.2, 0.25) is 0 Å². The van der Waals surface area contributed by atoms with E-state index in [-0.39, 0.29) is 12.1 Å². The van der Waals surface area contributed by atoms with Crippen LogP contribution >= 0.6 is 0 Å². The lowest BCUT2D eigenvalue weighted by molar-refractivity contribution is -0.125. The molecule has 128 valence electrons. The van der Waals surface area contributed by atoms with Crippen LogP contribution in [0.1, 0.15) is 24.8 Å². The third-order valence-corrected chi connectivity index (χ3v) is 4.36. The monoisotopic (exact) mass is 328 g/mol. The third kappa shape index (κ3) is 3.58. The molecule has 1 unspecified atom stereocenters. The largest absolute Gasteiger partial charge is 0.365 e. The zero-order chi connectivity index (χ0) is 17.2. The van der Waals surface area contributed by atoms with Crippen molar-refractivity contribution in [2.45, 2.75) is 44.1 Å². The first-order valence-corrected chi connectivity index (χ1v) is 8.17. The molecule has 3 rings (SSSR count). The number of nitrogens with two attached hydrogens (primary N) is 2. The first-order valence-electron chi connectivity index (χ1n) is 8.17. The van der Waals surface area contributed by atoms with Crippen LogP contribution in [0.5, 0.6) is 0 Å². The van der Waals surface area contributed by atoms with Gasteiger partial charge in [0, 0.05) is 24.0 Å². The lowest BCUT2D eigenvalue weighted by Crippen LogP contribution is -2.66. The molecule has 0 radical (unpaired) electrons. The fourth-order valence-electron chi connectivity index (χ4n) is 3.16. The highest BCUT2D eigenvalue weighted by atomic mass is 16.2. The minimum absolute atomic E-state index is 0.107. The number of anilines is 1. The van der Waals surface area contributed by atoms with Gasteiger partial charge < -0.3 is 22.1 Å². The van der Waals surface area contributed by atoms with Crippen LogP contribution in [0.25, 0.3) is 0 Å². The highest BCUT2D eigenvalue weighted by Crippen LogP contribution is 2.22. The predicted molar refractivity (Wildman–Crippen MR) is 95.2 cm³/mol. The average molecular weight is 328 g/mol. The Hall–Kier alpha value is -2.38. The van der Waals surface area contributed by atoms with E-state index in [0.29, 0.717) is 5.82 Å². The number of carbonyl (C=O) groups excluding carboxylic acids is 1. The zero-order valence-electron chi connectivity index (χ0n) is 13.8. The first-order chi connectivity index (χ1) is 11.5. The Balaban J connectivity index is 1.74. The second-order valence-corrected chi connectivity index (χ2v) is 6.47. The number of primary amides is 1. The lowest BCUT2D eigenvalue weighted by Gasteiger charge is -2.35. The molecule has 7 N–H and O–H groups in total. The zero-order valence-corrected chi connectivity index (χ0v) is 13.8. The molecule has 1 fully saturated rings. The average Bonchev–Trinajstić information content (AvgIpc) is 2.92. The summed E-state index contributed by atoms with van der Waals surface area (Å²) in [5, 5.41) is 9.60. The van der Waals surface area contributed by atoms with E-state index in [2.05, 4.69) is 20.9 Å². The maximum Gasteiger partial charge on any atom is 0.282 e. The molecular formula is C17H24N6O. The maximum absolute atomic E-state index is 12.1. The highest BCUT2D eigenvalue weighted by Gasteiger charge is 2.41. The number of rotatable bonds is 5. The van der Waals surface area contributed by atoms with Crippen LogP contribution in [0.4, 0.5) is 5.69 Å². The SMILES string of the molecule is Cc1cccc(NC2=CC=NC(N[C@@H]3CC[C@H](N)C3)(C(N)=O)N2)c1. The summed E-state index contributed by atoms with van der Waals surface area (Å²) in [5.41, 5.74) is 13.6. The summed E-state index contributed by atoms with van der Waals surface area (Å²) in [5.74, 6) is -1.27. The van der Waals surface area contributed by atoms with Crippen molar-refractivity contribution in [1.29, 1.82) is 0 Å². The fraction of sp³-hybridized carbons (Fsp3) is 0.412. The molecule has 24 heavy (non-hydrogen) atoms. The van der Waals surface area contributed by atoms with Crippen LogP contribution in [0.15, 0.2) is 41.2 Å². The van der Waals surface area contributed by atoms with Gasteiger partial charge in [0.25, 0.3) is 11.7 Å². The predicted octanol–water partition coefficient (Wildman–Crippen LogP) is 0.531. The molecule has 1 aromatic rings. The minimum atomic E-state index is -1.35. The Kier molecular flexibility index (Phi) is 4.55. The molecule has 1 saturated carbocycles. The van der Waals surface area contributed by atoms with E-state index < -0.39 is 11.7 Å². The summed E-state index contributed by atoms with van der Waals surface area (Å²) < 4.78 is 0. The maximum atomic E-state index is 12.1. The molecule has 1 heterocycles. The van der Waals surface area contributed by atoms with Crippen LogP contribution < -0.4 is 27.4 Å². The molecule has 1 aromatic carbocycles. The van der Waals surface area contributed by atoms with Gasteiger partial charge in [-0.2, -0.15) is 0 Å². The second kappa shape index (κ2) is 6.62. The van der Waals surface area contributed by atoms with Crippen LogP contribution in [0.3, 0.4) is 0 Å². The van der Waals surface area contributed by atoms with Crippen molar-refractivity contribution in [2.75, 3.05) is 5.32 Å². The van der Waals surface area contributed by atoms with Gasteiger partial charge in [-0.1, -0.05) is 12.1 Å². The summed E-state index contributed by atoms with van der Waals surface area (Å²) in [7, 11) is 0. The Bertz CT molecular complexity index is 685. The third-order valence-electron chi connectivity index (χ3n) is 4.36. The summed E-state index contributed by atoms with van der Waals surface area (Å²) in [6.45, 7) is 2.02. The first kappa shape index (κ1) is 16.5. The summed E-state index contributed by atoms with van der Waals surface area (Å²) >= 11 is 0. The molecule has 0 bridgehead atoms. The van der Waals surface area contributed by atoms with Crippen molar-refractivity contribution in [3.8, 4) is 0 Å². The molecule has 2 aliphatic rings. The van der Waals surface area contributed by atoms with Gasteiger partial charge in [0.15, 0.2) is 0 Å². The standard InChI is InChI=1S/C17H24N6O/c1-11-3-2-4-13(9-11)21-15-7-8-20-17(23-15,16(19)24)22-14-6-5-12(18)10-14/h2-4,7-9,12,14,21-23H,5-6,10,18H2,1H3,(H2,19,24)/t12-,14+,17?/m0/s1. The molecular weight excluding hydrogens is 304 g/mol. The number of hydrogen-bond acceptors (Lipinski definition) is 6. The molecule has 7 nitrogen and oxygen atoms in total. The Morgan fingerprint density at radius 1 is 1.42 bits per heavy atom. The van der Waals surface area contributed by atoms with Crippen molar-refractivity contribution in [3.05, 3.63) is 41.7 Å². The summed E-state index contributed by atoms with van der Waals surface area (Å²) in [6.07, 6.45) is 5.99. The topological polar surface area (TPSA) is 118 Å². The van der Waals surface area contributed by atoms with Crippen LogP contribution in [-0.2, 0) is 4.79 Å². The van der Waals surface area contributed by atoms with Crippen molar-refractivity contribution in [1.82, 2.24) is 10.6 Å². The molecule has 1 amide bonds. The van der Waals surface area contributed by atoms with Crippen molar-refractivity contribution < 1.29 is 4.79 Å². The number of allylic oxidation sites excluding steroid dienone is 1. The minimum Gasteiger partial charge on any atom is -0.365 e.